The first-order valence-electron chi connectivity index (χ1n) is 5.84. The highest BCUT2D eigenvalue weighted by molar-refractivity contribution is 7.99. The molecule has 0 aromatic carbocycles. The van der Waals surface area contributed by atoms with E-state index >= 15 is 0 Å². The molecular formula is C12H14N4S. The van der Waals surface area contributed by atoms with Gasteiger partial charge in [0.2, 0.25) is 0 Å². The second-order valence-corrected chi connectivity index (χ2v) is 5.35. The molecule has 1 N–H and O–H groups in total. The Morgan fingerprint density at radius 2 is 1.94 bits per heavy atom. The molecule has 0 aliphatic carbocycles. The van der Waals surface area contributed by atoms with Crippen LogP contribution in [0.1, 0.15) is 12.8 Å². The van der Waals surface area contributed by atoms with Gasteiger partial charge in [0.15, 0.2) is 5.65 Å². The minimum absolute atomic E-state index is 0.554. The van der Waals surface area contributed by atoms with Gasteiger partial charge in [-0.15, -0.1) is 0 Å². The Labute approximate surface area is 104 Å². The molecule has 88 valence electrons. The van der Waals surface area contributed by atoms with Crippen molar-refractivity contribution in [2.75, 3.05) is 16.8 Å². The van der Waals surface area contributed by atoms with Crippen molar-refractivity contribution in [2.45, 2.75) is 18.9 Å². The summed E-state index contributed by atoms with van der Waals surface area (Å²) in [5.41, 5.74) is 1.56. The third-order valence-corrected chi connectivity index (χ3v) is 3.95. The van der Waals surface area contributed by atoms with Gasteiger partial charge in [-0.25, -0.2) is 9.97 Å². The molecule has 17 heavy (non-hydrogen) atoms. The zero-order chi connectivity index (χ0) is 11.5. The van der Waals surface area contributed by atoms with Gasteiger partial charge in [0.25, 0.3) is 0 Å². The molecule has 0 bridgehead atoms. The number of hydrogen-bond donors (Lipinski definition) is 1. The highest BCUT2D eigenvalue weighted by Crippen LogP contribution is 2.20. The lowest BCUT2D eigenvalue weighted by molar-refractivity contribution is 0.664. The lowest BCUT2D eigenvalue weighted by atomic mass is 10.1. The molecule has 1 aliphatic rings. The fourth-order valence-corrected chi connectivity index (χ4v) is 3.09. The highest BCUT2D eigenvalue weighted by Gasteiger charge is 2.13. The van der Waals surface area contributed by atoms with Crippen LogP contribution in [0.4, 0.5) is 5.82 Å². The maximum Gasteiger partial charge on any atom is 0.180 e. The van der Waals surface area contributed by atoms with Gasteiger partial charge in [-0.1, -0.05) is 0 Å². The Morgan fingerprint density at radius 1 is 1.12 bits per heavy atom. The van der Waals surface area contributed by atoms with Crippen molar-refractivity contribution in [3.63, 3.8) is 0 Å². The summed E-state index contributed by atoms with van der Waals surface area (Å²) in [7, 11) is 0. The van der Waals surface area contributed by atoms with Gasteiger partial charge in [-0.05, 0) is 36.5 Å². The van der Waals surface area contributed by atoms with E-state index < -0.39 is 0 Å². The normalized spacial score (nSPS) is 17.2. The second-order valence-electron chi connectivity index (χ2n) is 4.13. The van der Waals surface area contributed by atoms with Crippen LogP contribution >= 0.6 is 11.8 Å². The van der Waals surface area contributed by atoms with Gasteiger partial charge in [0.05, 0.1) is 0 Å². The molecule has 0 amide bonds. The average molecular weight is 246 g/mol. The molecule has 3 heterocycles. The number of nitrogens with one attached hydrogen (secondary N) is 1. The van der Waals surface area contributed by atoms with Gasteiger partial charge in [-0.3, -0.25) is 4.98 Å². The lowest BCUT2D eigenvalue weighted by Gasteiger charge is -2.22. The summed E-state index contributed by atoms with van der Waals surface area (Å²) in [4.78, 5) is 12.9. The molecule has 1 aliphatic heterocycles. The third kappa shape index (κ3) is 2.49. The zero-order valence-electron chi connectivity index (χ0n) is 9.47. The minimum Gasteiger partial charge on any atom is -0.367 e. The Morgan fingerprint density at radius 3 is 2.82 bits per heavy atom. The van der Waals surface area contributed by atoms with E-state index in [2.05, 4.69) is 20.3 Å². The van der Waals surface area contributed by atoms with Crippen LogP contribution in [0, 0.1) is 0 Å². The number of pyridine rings is 1. The second kappa shape index (κ2) is 4.87. The smallest absolute Gasteiger partial charge is 0.180 e. The molecule has 2 aromatic heterocycles. The number of anilines is 1. The van der Waals surface area contributed by atoms with E-state index in [0.29, 0.717) is 11.7 Å². The lowest BCUT2D eigenvalue weighted by Crippen LogP contribution is -2.24. The Balaban J connectivity index is 1.80. The first kappa shape index (κ1) is 10.8. The van der Waals surface area contributed by atoms with Crippen molar-refractivity contribution in [2.24, 2.45) is 0 Å². The van der Waals surface area contributed by atoms with E-state index in [1.807, 2.05) is 23.9 Å². The van der Waals surface area contributed by atoms with Crippen LogP contribution in [0.2, 0.25) is 0 Å². The zero-order valence-corrected chi connectivity index (χ0v) is 10.3. The van der Waals surface area contributed by atoms with Gasteiger partial charge in [0.1, 0.15) is 11.3 Å². The summed E-state index contributed by atoms with van der Waals surface area (Å²) < 4.78 is 0. The molecule has 0 unspecified atom stereocenters. The Hall–Kier alpha value is -1.36. The first-order chi connectivity index (χ1) is 8.42. The maximum atomic E-state index is 4.48. The Bertz CT molecular complexity index is 511. The summed E-state index contributed by atoms with van der Waals surface area (Å²) in [6.07, 6.45) is 5.79. The average Bonchev–Trinajstić information content (AvgIpc) is 2.40. The molecule has 0 spiro atoms. The van der Waals surface area contributed by atoms with Crippen LogP contribution in [-0.2, 0) is 0 Å². The van der Waals surface area contributed by atoms with E-state index in [4.69, 9.17) is 0 Å². The first-order valence-corrected chi connectivity index (χ1v) is 6.99. The van der Waals surface area contributed by atoms with Crippen LogP contribution < -0.4 is 5.32 Å². The van der Waals surface area contributed by atoms with Gasteiger partial charge >= 0.3 is 0 Å². The molecule has 5 heteroatoms. The third-order valence-electron chi connectivity index (χ3n) is 2.90. The summed E-state index contributed by atoms with van der Waals surface area (Å²) in [5.74, 6) is 3.39. The number of aromatic nitrogens is 3. The summed E-state index contributed by atoms with van der Waals surface area (Å²) in [5, 5.41) is 3.48. The topological polar surface area (TPSA) is 50.7 Å². The molecule has 2 aromatic rings. The minimum atomic E-state index is 0.554. The number of thioether (sulfide) groups is 1. The monoisotopic (exact) mass is 246 g/mol. The molecular weight excluding hydrogens is 232 g/mol. The largest absolute Gasteiger partial charge is 0.367 e. The van der Waals surface area contributed by atoms with Gasteiger partial charge < -0.3 is 5.32 Å². The van der Waals surface area contributed by atoms with Crippen molar-refractivity contribution in [1.29, 1.82) is 0 Å². The van der Waals surface area contributed by atoms with Crippen molar-refractivity contribution in [3.8, 4) is 0 Å². The van der Waals surface area contributed by atoms with Gasteiger partial charge in [0, 0.05) is 18.4 Å². The number of rotatable bonds is 2. The predicted molar refractivity (Wildman–Crippen MR) is 71.3 cm³/mol. The van der Waals surface area contributed by atoms with Gasteiger partial charge in [-0.2, -0.15) is 11.8 Å². The van der Waals surface area contributed by atoms with Crippen LogP contribution in [-0.4, -0.2) is 32.5 Å². The van der Waals surface area contributed by atoms with E-state index in [-0.39, 0.29) is 0 Å². The Kier molecular flexibility index (Phi) is 3.09. The fraction of sp³-hybridized carbons (Fsp3) is 0.417. The van der Waals surface area contributed by atoms with Crippen molar-refractivity contribution < 1.29 is 0 Å². The number of hydrogen-bond acceptors (Lipinski definition) is 5. The van der Waals surface area contributed by atoms with Crippen LogP contribution in [0.3, 0.4) is 0 Å². The highest BCUT2D eigenvalue weighted by atomic mass is 32.2. The molecule has 0 atom stereocenters. The molecule has 4 nitrogen and oxygen atoms in total. The van der Waals surface area contributed by atoms with E-state index in [0.717, 1.165) is 11.3 Å². The summed E-state index contributed by atoms with van der Waals surface area (Å²) in [6.45, 7) is 0. The molecule has 0 radical (unpaired) electrons. The van der Waals surface area contributed by atoms with E-state index in [1.54, 1.807) is 12.4 Å². The van der Waals surface area contributed by atoms with Crippen LogP contribution in [0.5, 0.6) is 0 Å². The summed E-state index contributed by atoms with van der Waals surface area (Å²) >= 11 is 2.03. The predicted octanol–water partition coefficient (Wildman–Crippen LogP) is 2.33. The molecule has 1 fully saturated rings. The van der Waals surface area contributed by atoms with Crippen LogP contribution in [0.25, 0.3) is 11.2 Å². The fourth-order valence-electron chi connectivity index (χ4n) is 1.99. The van der Waals surface area contributed by atoms with Crippen molar-refractivity contribution in [1.82, 2.24) is 15.0 Å². The van der Waals surface area contributed by atoms with Crippen molar-refractivity contribution >= 4 is 28.7 Å². The molecule has 1 saturated heterocycles. The quantitative estimate of drug-likeness (QED) is 0.881. The van der Waals surface area contributed by atoms with Crippen LogP contribution in [0.15, 0.2) is 24.5 Å². The molecule has 3 rings (SSSR count). The number of nitrogens with zero attached hydrogens (tertiary/aromatic N) is 3. The van der Waals surface area contributed by atoms with E-state index in [1.165, 1.54) is 24.3 Å². The molecule has 0 saturated carbocycles. The standard InChI is InChI=1S/C12H14N4S/c1-2-11(15-9-3-7-17-8-4-9)16-12-10(1)13-5-6-14-12/h1-2,5-6,9H,3-4,7-8H2,(H,14,15,16). The van der Waals surface area contributed by atoms with Crippen molar-refractivity contribution in [3.05, 3.63) is 24.5 Å². The SMILES string of the molecule is c1cnc2nc(NC3CCSCC3)ccc2n1. The maximum absolute atomic E-state index is 4.48. The van der Waals surface area contributed by atoms with E-state index in [9.17, 15) is 0 Å². The summed E-state index contributed by atoms with van der Waals surface area (Å²) in [6, 6.07) is 4.51. The number of fused-ring (bicyclic) bond motifs is 1.